The Hall–Kier alpha value is -0.520. The Kier molecular flexibility index (Phi) is 3.42. The second-order valence-corrected chi connectivity index (χ2v) is 8.44. The highest BCUT2D eigenvalue weighted by atomic mass is 14.4. The predicted molar refractivity (Wildman–Crippen MR) is 76.7 cm³/mol. The monoisotopic (exact) mass is 233 g/mol. The summed E-state index contributed by atoms with van der Waals surface area (Å²) >= 11 is 0. The van der Waals surface area contributed by atoms with Crippen molar-refractivity contribution in [2.75, 3.05) is 0 Å². The van der Waals surface area contributed by atoms with Gasteiger partial charge < -0.3 is 0 Å². The Morgan fingerprint density at radius 3 is 1.53 bits per heavy atom. The van der Waals surface area contributed by atoms with Gasteiger partial charge in [0, 0.05) is 5.92 Å². The molecule has 1 radical (unpaired) electrons. The first-order valence-electron chi connectivity index (χ1n) is 6.70. The van der Waals surface area contributed by atoms with Crippen molar-refractivity contribution in [3.8, 4) is 0 Å². The summed E-state index contributed by atoms with van der Waals surface area (Å²) in [5.41, 5.74) is 3.59. The molecule has 1 unspecified atom stereocenters. The molecule has 0 aromatic heterocycles. The smallest absolute Gasteiger partial charge is 0.00787 e. The summed E-state index contributed by atoms with van der Waals surface area (Å²) in [6.45, 7) is 20.7. The Bertz CT molecular complexity index is 315. The Morgan fingerprint density at radius 2 is 1.29 bits per heavy atom. The molecule has 1 aliphatic rings. The molecule has 97 valence electrons. The van der Waals surface area contributed by atoms with Gasteiger partial charge in [0.1, 0.15) is 0 Å². The third-order valence-corrected chi connectivity index (χ3v) is 3.39. The molecule has 0 fully saturated rings. The van der Waals surface area contributed by atoms with Crippen LogP contribution in [-0.2, 0) is 0 Å². The van der Waals surface area contributed by atoms with Crippen LogP contribution in [0.1, 0.15) is 62.3 Å². The van der Waals surface area contributed by atoms with Crippen LogP contribution in [-0.4, -0.2) is 0 Å². The van der Waals surface area contributed by atoms with Crippen LogP contribution in [0.4, 0.5) is 0 Å². The largest absolute Gasteiger partial charge is 0.0724 e. The van der Waals surface area contributed by atoms with Gasteiger partial charge >= 0.3 is 0 Å². The molecule has 0 aromatic carbocycles. The maximum atomic E-state index is 3.75. The minimum atomic E-state index is 0.194. The summed E-state index contributed by atoms with van der Waals surface area (Å²) in [7, 11) is 0. The van der Waals surface area contributed by atoms with E-state index in [0.29, 0.717) is 5.92 Å². The predicted octanol–water partition coefficient (Wildman–Crippen LogP) is 5.41. The lowest BCUT2D eigenvalue weighted by molar-refractivity contribution is 0.336. The van der Waals surface area contributed by atoms with Crippen molar-refractivity contribution in [1.29, 1.82) is 0 Å². The van der Waals surface area contributed by atoms with Crippen LogP contribution in [0.3, 0.4) is 0 Å². The summed E-state index contributed by atoms with van der Waals surface area (Å²) in [4.78, 5) is 0. The molecule has 0 amide bonds. The number of rotatable bonds is 0. The summed E-state index contributed by atoms with van der Waals surface area (Å²) in [6, 6.07) is 0. The van der Waals surface area contributed by atoms with E-state index in [2.05, 4.69) is 74.5 Å². The summed E-state index contributed by atoms with van der Waals surface area (Å²) in [6.07, 6.45) is 6.20. The van der Waals surface area contributed by atoms with Gasteiger partial charge in [0.15, 0.2) is 0 Å². The fourth-order valence-corrected chi connectivity index (χ4v) is 2.24. The van der Waals surface area contributed by atoms with Crippen LogP contribution in [0.2, 0.25) is 0 Å². The minimum Gasteiger partial charge on any atom is -0.0724 e. The van der Waals surface area contributed by atoms with Gasteiger partial charge in [0.05, 0.1) is 0 Å². The van der Waals surface area contributed by atoms with Gasteiger partial charge in [-0.3, -0.25) is 0 Å². The quantitative estimate of drug-likeness (QED) is 0.525. The minimum absolute atomic E-state index is 0.194. The van der Waals surface area contributed by atoms with E-state index in [9.17, 15) is 0 Å². The van der Waals surface area contributed by atoms with E-state index in [1.165, 1.54) is 11.1 Å². The van der Waals surface area contributed by atoms with E-state index in [4.69, 9.17) is 0 Å². The van der Waals surface area contributed by atoms with E-state index in [1.54, 1.807) is 0 Å². The molecule has 0 heteroatoms. The normalized spacial score (nSPS) is 19.4. The summed E-state index contributed by atoms with van der Waals surface area (Å²) in [5.74, 6) is 0.450. The lowest BCUT2D eigenvalue weighted by Gasteiger charge is -2.30. The maximum absolute atomic E-state index is 3.75. The van der Waals surface area contributed by atoms with E-state index >= 15 is 0 Å². The van der Waals surface area contributed by atoms with Crippen LogP contribution in [0, 0.1) is 28.2 Å². The number of hydrogen-bond donors (Lipinski definition) is 0. The topological polar surface area (TPSA) is 0 Å². The standard InChI is InChI=1S/C17H29/c1-15(2,3)12-10-13(16(4,5)6)14(11-12)17(7,8)9/h10,12H,1-9H3. The van der Waals surface area contributed by atoms with Crippen LogP contribution >= 0.6 is 0 Å². The molecule has 0 bridgehead atoms. The molecule has 1 aliphatic carbocycles. The van der Waals surface area contributed by atoms with Crippen molar-refractivity contribution in [3.05, 3.63) is 23.3 Å². The molecule has 1 atom stereocenters. The zero-order chi connectivity index (χ0) is 13.6. The average molecular weight is 233 g/mol. The Labute approximate surface area is 108 Å². The first-order chi connectivity index (χ1) is 7.33. The van der Waals surface area contributed by atoms with Crippen molar-refractivity contribution in [2.24, 2.45) is 22.2 Å². The van der Waals surface area contributed by atoms with Gasteiger partial charge in [-0.2, -0.15) is 0 Å². The van der Waals surface area contributed by atoms with Gasteiger partial charge in [-0.25, -0.2) is 0 Å². The fraction of sp³-hybridized carbons (Fsp3) is 0.765. The average Bonchev–Trinajstić information content (AvgIpc) is 2.42. The highest BCUT2D eigenvalue weighted by Gasteiger charge is 2.36. The van der Waals surface area contributed by atoms with Gasteiger partial charge in [0.2, 0.25) is 0 Å². The Balaban J connectivity index is 3.24. The van der Waals surface area contributed by atoms with Crippen molar-refractivity contribution < 1.29 is 0 Å². The van der Waals surface area contributed by atoms with E-state index < -0.39 is 0 Å². The van der Waals surface area contributed by atoms with E-state index in [0.717, 1.165) is 0 Å². The maximum Gasteiger partial charge on any atom is 0.00787 e. The Morgan fingerprint density at radius 1 is 0.824 bits per heavy atom. The van der Waals surface area contributed by atoms with Crippen molar-refractivity contribution in [3.63, 3.8) is 0 Å². The number of allylic oxidation sites excluding steroid dienone is 4. The molecule has 0 aliphatic heterocycles. The van der Waals surface area contributed by atoms with Gasteiger partial charge in [-0.05, 0) is 33.5 Å². The molecule has 17 heavy (non-hydrogen) atoms. The molecule has 0 aromatic rings. The second-order valence-electron chi connectivity index (χ2n) is 8.44. The highest BCUT2D eigenvalue weighted by Crippen LogP contribution is 2.47. The zero-order valence-electron chi connectivity index (χ0n) is 13.2. The lowest BCUT2D eigenvalue weighted by Crippen LogP contribution is -2.18. The molecule has 1 rings (SSSR count). The lowest BCUT2D eigenvalue weighted by atomic mass is 9.74. The molecule has 0 heterocycles. The third-order valence-electron chi connectivity index (χ3n) is 3.39. The van der Waals surface area contributed by atoms with Crippen LogP contribution < -0.4 is 0 Å². The fourth-order valence-electron chi connectivity index (χ4n) is 2.24. The van der Waals surface area contributed by atoms with E-state index in [1.807, 2.05) is 0 Å². The first kappa shape index (κ1) is 14.5. The SMILES string of the molecule is CC(C)(C)C1=[C]C(C(C)(C)C)C=C1C(C)(C)C. The highest BCUT2D eigenvalue weighted by molar-refractivity contribution is 5.43. The second kappa shape index (κ2) is 4.00. The van der Waals surface area contributed by atoms with E-state index in [-0.39, 0.29) is 16.2 Å². The zero-order valence-corrected chi connectivity index (χ0v) is 13.2. The molecule has 0 N–H and O–H groups in total. The molecular formula is C17H29. The van der Waals surface area contributed by atoms with Gasteiger partial charge in [-0.1, -0.05) is 68.4 Å². The molecule has 0 spiro atoms. The van der Waals surface area contributed by atoms with Crippen molar-refractivity contribution in [1.82, 2.24) is 0 Å². The van der Waals surface area contributed by atoms with Gasteiger partial charge in [0.25, 0.3) is 0 Å². The third kappa shape index (κ3) is 3.24. The van der Waals surface area contributed by atoms with Gasteiger partial charge in [-0.15, -0.1) is 0 Å². The van der Waals surface area contributed by atoms with Crippen LogP contribution in [0.5, 0.6) is 0 Å². The van der Waals surface area contributed by atoms with Crippen molar-refractivity contribution >= 4 is 0 Å². The van der Waals surface area contributed by atoms with Crippen LogP contribution in [0.15, 0.2) is 17.2 Å². The van der Waals surface area contributed by atoms with Crippen molar-refractivity contribution in [2.45, 2.75) is 62.3 Å². The summed E-state index contributed by atoms with van der Waals surface area (Å²) < 4.78 is 0. The summed E-state index contributed by atoms with van der Waals surface area (Å²) in [5, 5.41) is 0. The molecular weight excluding hydrogens is 204 g/mol. The van der Waals surface area contributed by atoms with Crippen LogP contribution in [0.25, 0.3) is 0 Å². The molecule has 0 saturated carbocycles. The number of hydrogen-bond acceptors (Lipinski definition) is 0. The first-order valence-corrected chi connectivity index (χ1v) is 6.70. The molecule has 0 nitrogen and oxygen atoms in total. The molecule has 0 saturated heterocycles.